The molecule has 5 nitrogen and oxygen atoms in total. The number of thiazole rings is 1. The van der Waals surface area contributed by atoms with Crippen molar-refractivity contribution in [2.24, 2.45) is 4.99 Å². The van der Waals surface area contributed by atoms with Crippen LogP contribution in [0.2, 0.25) is 0 Å². The minimum absolute atomic E-state index is 0.0438. The van der Waals surface area contributed by atoms with Gasteiger partial charge in [-0.3, -0.25) is 10.1 Å². The van der Waals surface area contributed by atoms with Crippen molar-refractivity contribution < 1.29 is 4.92 Å². The Morgan fingerprint density at radius 2 is 1.47 bits per heavy atom. The summed E-state index contributed by atoms with van der Waals surface area (Å²) in [6.07, 6.45) is 4.40. The highest BCUT2D eigenvalue weighted by Crippen LogP contribution is 2.43. The van der Waals surface area contributed by atoms with Crippen molar-refractivity contribution >= 4 is 38.4 Å². The molecule has 0 fully saturated rings. The first-order chi connectivity index (χ1) is 21.1. The van der Waals surface area contributed by atoms with Gasteiger partial charge in [-0.1, -0.05) is 103 Å². The third kappa shape index (κ3) is 4.31. The molecule has 8 rings (SSSR count). The van der Waals surface area contributed by atoms with Crippen LogP contribution < -0.4 is 10.6 Å². The van der Waals surface area contributed by atoms with Gasteiger partial charge in [-0.25, -0.2) is 9.98 Å². The zero-order valence-corrected chi connectivity index (χ0v) is 23.7. The van der Waals surface area contributed by atoms with E-state index in [2.05, 4.69) is 66.7 Å². The molecule has 0 saturated carbocycles. The van der Waals surface area contributed by atoms with Gasteiger partial charge in [0.25, 0.3) is 5.69 Å². The van der Waals surface area contributed by atoms with Crippen LogP contribution in [0.15, 0.2) is 144 Å². The van der Waals surface area contributed by atoms with Crippen molar-refractivity contribution in [2.45, 2.75) is 5.92 Å². The predicted octanol–water partition coefficient (Wildman–Crippen LogP) is 8.09. The summed E-state index contributed by atoms with van der Waals surface area (Å²) in [5, 5.41) is 14.8. The molecule has 5 aromatic carbocycles. The Balaban J connectivity index is 1.33. The number of hydrogen-bond acceptors (Lipinski definition) is 5. The lowest BCUT2D eigenvalue weighted by atomic mass is 9.81. The average Bonchev–Trinajstić information content (AvgIpc) is 3.65. The van der Waals surface area contributed by atoms with Crippen molar-refractivity contribution in [3.63, 3.8) is 0 Å². The quantitative estimate of drug-likeness (QED) is 0.155. The van der Waals surface area contributed by atoms with Gasteiger partial charge in [0, 0.05) is 28.3 Å². The second-order valence-electron chi connectivity index (χ2n) is 10.6. The molecule has 2 heterocycles. The van der Waals surface area contributed by atoms with Crippen molar-refractivity contribution in [2.75, 3.05) is 0 Å². The van der Waals surface area contributed by atoms with Crippen LogP contribution >= 0.6 is 11.3 Å². The number of hydrogen-bond donors (Lipinski definition) is 0. The summed E-state index contributed by atoms with van der Waals surface area (Å²) in [5.74, 6) is 0.0438. The number of aromatic nitrogens is 1. The molecule has 1 aromatic heterocycles. The zero-order chi connectivity index (χ0) is 28.9. The molecule has 6 aromatic rings. The van der Waals surface area contributed by atoms with E-state index >= 15 is 0 Å². The molecule has 0 radical (unpaired) electrons. The van der Waals surface area contributed by atoms with Crippen LogP contribution in [-0.2, 0) is 0 Å². The second-order valence-corrected chi connectivity index (χ2v) is 11.6. The van der Waals surface area contributed by atoms with Gasteiger partial charge in [-0.05, 0) is 46.5 Å². The molecular weight excluding hydrogens is 550 g/mol. The Morgan fingerprint density at radius 3 is 2.28 bits per heavy atom. The molecular formula is C37H23N3O2S. The van der Waals surface area contributed by atoms with Crippen LogP contribution in [0, 0.1) is 10.1 Å². The largest absolute Gasteiger partial charge is 0.277 e. The van der Waals surface area contributed by atoms with E-state index in [-0.39, 0.29) is 16.5 Å². The molecule has 0 bridgehead atoms. The Morgan fingerprint density at radius 1 is 0.744 bits per heavy atom. The smallest absolute Gasteiger partial charge is 0.258 e. The van der Waals surface area contributed by atoms with Gasteiger partial charge < -0.3 is 0 Å². The summed E-state index contributed by atoms with van der Waals surface area (Å²) in [7, 11) is 0. The van der Waals surface area contributed by atoms with Crippen molar-refractivity contribution in [3.8, 4) is 21.7 Å². The number of rotatable bonds is 5. The average molecular weight is 574 g/mol. The van der Waals surface area contributed by atoms with Crippen LogP contribution in [0.5, 0.6) is 0 Å². The summed E-state index contributed by atoms with van der Waals surface area (Å²) in [6.45, 7) is 0. The normalized spacial score (nSPS) is 15.3. The molecule has 0 N–H and O–H groups in total. The molecule has 1 aliphatic carbocycles. The van der Waals surface area contributed by atoms with E-state index < -0.39 is 0 Å². The Bertz CT molecular complexity index is 2270. The first-order valence-corrected chi connectivity index (χ1v) is 14.9. The maximum atomic E-state index is 11.8. The fourth-order valence-corrected chi connectivity index (χ4v) is 7.07. The first kappa shape index (κ1) is 25.3. The van der Waals surface area contributed by atoms with Gasteiger partial charge in [-0.2, -0.15) is 0 Å². The first-order valence-electron chi connectivity index (χ1n) is 14.0. The van der Waals surface area contributed by atoms with Gasteiger partial charge in [-0.15, -0.1) is 11.3 Å². The van der Waals surface area contributed by atoms with E-state index in [0.29, 0.717) is 5.56 Å². The van der Waals surface area contributed by atoms with Crippen molar-refractivity contribution in [3.05, 3.63) is 171 Å². The highest BCUT2D eigenvalue weighted by Gasteiger charge is 2.29. The molecule has 0 spiro atoms. The third-order valence-corrected chi connectivity index (χ3v) is 9.14. The topological polar surface area (TPSA) is 68.4 Å². The minimum atomic E-state index is -0.327. The summed E-state index contributed by atoms with van der Waals surface area (Å²) in [5.41, 5.74) is 8.81. The SMILES string of the molecule is O=[N+]([O-])c1ccccc1-c1cccc(C2=C3N=c4cc5nc(-c6ccccc6)sc5cc4=C3C(c3ccccc3)C=C2)c1. The van der Waals surface area contributed by atoms with Gasteiger partial charge in [0.2, 0.25) is 0 Å². The molecule has 1 atom stereocenters. The van der Waals surface area contributed by atoms with E-state index in [1.807, 2.05) is 48.5 Å². The third-order valence-electron chi connectivity index (χ3n) is 8.07. The summed E-state index contributed by atoms with van der Waals surface area (Å²) >= 11 is 1.70. The van der Waals surface area contributed by atoms with Gasteiger partial charge in [0.1, 0.15) is 5.01 Å². The molecule has 1 unspecified atom stereocenters. The summed E-state index contributed by atoms with van der Waals surface area (Å²) in [4.78, 5) is 21.6. The summed E-state index contributed by atoms with van der Waals surface area (Å²) in [6, 6.07) is 40.0. The second kappa shape index (κ2) is 10.1. The van der Waals surface area contributed by atoms with E-state index in [1.54, 1.807) is 29.5 Å². The number of nitrogens with zero attached hydrogens (tertiary/aromatic N) is 3. The number of allylic oxidation sites excluding steroid dienone is 4. The number of nitro groups is 1. The van der Waals surface area contributed by atoms with Crippen LogP contribution in [0.1, 0.15) is 17.0 Å². The Hall–Kier alpha value is -5.46. The van der Waals surface area contributed by atoms with E-state index in [4.69, 9.17) is 9.98 Å². The monoisotopic (exact) mass is 573 g/mol. The van der Waals surface area contributed by atoms with Gasteiger partial charge in [0.05, 0.1) is 31.8 Å². The lowest BCUT2D eigenvalue weighted by Gasteiger charge is -2.23. The highest BCUT2D eigenvalue weighted by atomic mass is 32.1. The van der Waals surface area contributed by atoms with Crippen LogP contribution in [0.3, 0.4) is 0 Å². The molecule has 1 aliphatic heterocycles. The number of fused-ring (bicyclic) bond motifs is 3. The maximum Gasteiger partial charge on any atom is 0.277 e. The van der Waals surface area contributed by atoms with Crippen molar-refractivity contribution in [1.82, 2.24) is 4.98 Å². The lowest BCUT2D eigenvalue weighted by Crippen LogP contribution is -2.24. The fourth-order valence-electron chi connectivity index (χ4n) is 6.07. The van der Waals surface area contributed by atoms with E-state index in [0.717, 1.165) is 53.8 Å². The van der Waals surface area contributed by atoms with E-state index in [9.17, 15) is 10.1 Å². The fraction of sp³-hybridized carbons (Fsp3) is 0.0270. The zero-order valence-electron chi connectivity index (χ0n) is 22.8. The standard InChI is InChI=1S/C37H23N3O2S/c41-40(42)33-17-8-7-16-27(33)25-14-9-15-26(20-25)29-19-18-28(23-10-3-1-4-11-23)35-30-21-34-32(22-31(30)38-36(29)35)39-37(43-34)24-12-5-2-6-13-24/h1-22,28H. The number of para-hydroxylation sites is 1. The minimum Gasteiger partial charge on any atom is -0.258 e. The summed E-state index contributed by atoms with van der Waals surface area (Å²) < 4.78 is 1.13. The van der Waals surface area contributed by atoms with E-state index in [1.165, 1.54) is 11.1 Å². The van der Waals surface area contributed by atoms with Crippen molar-refractivity contribution in [1.29, 1.82) is 0 Å². The van der Waals surface area contributed by atoms with Crippen LogP contribution in [0.4, 0.5) is 5.69 Å². The lowest BCUT2D eigenvalue weighted by molar-refractivity contribution is -0.384. The number of benzene rings is 5. The molecule has 0 amide bonds. The molecule has 6 heteroatoms. The predicted molar refractivity (Wildman–Crippen MR) is 173 cm³/mol. The highest BCUT2D eigenvalue weighted by molar-refractivity contribution is 7.21. The van der Waals surface area contributed by atoms with Crippen LogP contribution in [0.25, 0.3) is 43.1 Å². The molecule has 43 heavy (non-hydrogen) atoms. The number of nitro benzene ring substituents is 1. The molecule has 204 valence electrons. The Kier molecular flexibility index (Phi) is 5.94. The van der Waals surface area contributed by atoms with Crippen LogP contribution in [-0.4, -0.2) is 9.91 Å². The molecule has 2 aliphatic rings. The maximum absolute atomic E-state index is 11.8. The van der Waals surface area contributed by atoms with Gasteiger partial charge >= 0.3 is 0 Å². The Labute approximate surface area is 251 Å². The molecule has 0 saturated heterocycles. The van der Waals surface area contributed by atoms with Gasteiger partial charge in [0.15, 0.2) is 0 Å².